The van der Waals surface area contributed by atoms with Gasteiger partial charge in [-0.15, -0.1) is 0 Å². The number of para-hydroxylation sites is 1. The van der Waals surface area contributed by atoms with Crippen LogP contribution >= 0.6 is 0 Å². The molecule has 0 atom stereocenters. The van der Waals surface area contributed by atoms with Gasteiger partial charge >= 0.3 is 6.09 Å². The predicted octanol–water partition coefficient (Wildman–Crippen LogP) is 3.97. The number of anilines is 1. The molecular formula is C20H17NO5. The Morgan fingerprint density at radius 1 is 0.962 bits per heavy atom. The fraction of sp³-hybridized carbons (Fsp3) is 0.100. The fourth-order valence-corrected chi connectivity index (χ4v) is 2.17. The zero-order valence-electron chi connectivity index (χ0n) is 13.9. The van der Waals surface area contributed by atoms with Crippen molar-refractivity contribution < 1.29 is 18.7 Å². The third-order valence-corrected chi connectivity index (χ3v) is 3.46. The number of ether oxygens (including phenoxy) is 2. The molecule has 3 aromatic rings. The first kappa shape index (κ1) is 17.3. The van der Waals surface area contributed by atoms with Crippen LogP contribution in [0.5, 0.6) is 5.75 Å². The number of hydrogen-bond acceptors (Lipinski definition) is 5. The molecule has 0 aliphatic heterocycles. The number of carbonyl (C=O) groups excluding carboxylic acids is 1. The molecule has 0 spiro atoms. The second-order valence-electron chi connectivity index (χ2n) is 5.42. The average molecular weight is 351 g/mol. The van der Waals surface area contributed by atoms with E-state index in [1.807, 2.05) is 36.4 Å². The van der Waals surface area contributed by atoms with Crippen molar-refractivity contribution >= 4 is 11.8 Å². The van der Waals surface area contributed by atoms with Gasteiger partial charge in [0, 0.05) is 11.8 Å². The largest absolute Gasteiger partial charge is 0.482 e. The number of amides is 1. The van der Waals surface area contributed by atoms with Crippen molar-refractivity contribution in [2.75, 3.05) is 5.32 Å². The van der Waals surface area contributed by atoms with E-state index in [2.05, 4.69) is 5.32 Å². The second-order valence-corrected chi connectivity index (χ2v) is 5.42. The summed E-state index contributed by atoms with van der Waals surface area (Å²) in [6, 6.07) is 19.6. The highest BCUT2D eigenvalue weighted by atomic mass is 16.6. The molecular weight excluding hydrogens is 334 g/mol. The van der Waals surface area contributed by atoms with Crippen molar-refractivity contribution in [3.63, 3.8) is 0 Å². The lowest BCUT2D eigenvalue weighted by atomic mass is 10.2. The van der Waals surface area contributed by atoms with Crippen molar-refractivity contribution in [2.45, 2.75) is 13.2 Å². The van der Waals surface area contributed by atoms with Gasteiger partial charge in [-0.2, -0.15) is 0 Å². The van der Waals surface area contributed by atoms with E-state index in [0.717, 1.165) is 5.56 Å². The van der Waals surface area contributed by atoms with Gasteiger partial charge < -0.3 is 13.9 Å². The fourth-order valence-electron chi connectivity index (χ4n) is 2.17. The third-order valence-electron chi connectivity index (χ3n) is 3.46. The Morgan fingerprint density at radius 3 is 2.35 bits per heavy atom. The maximum atomic E-state index is 12.1. The topological polar surface area (TPSA) is 77.8 Å². The molecule has 3 rings (SSSR count). The van der Waals surface area contributed by atoms with Gasteiger partial charge in [0.15, 0.2) is 6.61 Å². The summed E-state index contributed by atoms with van der Waals surface area (Å²) < 4.78 is 15.8. The first-order valence-electron chi connectivity index (χ1n) is 7.98. The summed E-state index contributed by atoms with van der Waals surface area (Å²) >= 11 is 0. The molecule has 0 unspecified atom stereocenters. The zero-order chi connectivity index (χ0) is 18.2. The van der Waals surface area contributed by atoms with Crippen LogP contribution in [0.4, 0.5) is 10.5 Å². The van der Waals surface area contributed by atoms with Gasteiger partial charge in [0.25, 0.3) is 0 Å². The SMILES string of the molecule is O=C(Nc1ccccc1)OCc1cc(=O)c(OCc2ccccc2)co1. The zero-order valence-corrected chi connectivity index (χ0v) is 13.9. The van der Waals surface area contributed by atoms with Crippen LogP contribution in [0.15, 0.2) is 82.2 Å². The van der Waals surface area contributed by atoms with E-state index in [4.69, 9.17) is 13.9 Å². The normalized spacial score (nSPS) is 10.2. The van der Waals surface area contributed by atoms with Crippen molar-refractivity contribution in [2.24, 2.45) is 0 Å². The highest BCUT2D eigenvalue weighted by molar-refractivity contribution is 5.84. The van der Waals surface area contributed by atoms with Crippen LogP contribution in [-0.4, -0.2) is 6.09 Å². The molecule has 0 bridgehead atoms. The van der Waals surface area contributed by atoms with Gasteiger partial charge in [-0.05, 0) is 17.7 Å². The summed E-state index contributed by atoms with van der Waals surface area (Å²) in [6.45, 7) is 0.105. The van der Waals surface area contributed by atoms with Gasteiger partial charge in [0.1, 0.15) is 18.6 Å². The van der Waals surface area contributed by atoms with Crippen LogP contribution in [0.3, 0.4) is 0 Å². The summed E-state index contributed by atoms with van der Waals surface area (Å²) in [6.07, 6.45) is 0.585. The van der Waals surface area contributed by atoms with Crippen LogP contribution in [0.2, 0.25) is 0 Å². The maximum absolute atomic E-state index is 12.1. The number of rotatable bonds is 6. The quantitative estimate of drug-likeness (QED) is 0.727. The standard InChI is InChI=1S/C20H17NO5/c22-18-11-17(13-26-20(23)21-16-9-5-2-6-10-16)24-14-19(18)25-12-15-7-3-1-4-8-15/h1-11,14H,12-13H2,(H,21,23). The van der Waals surface area contributed by atoms with Crippen molar-refractivity contribution in [3.05, 3.63) is 94.5 Å². The Labute approximate surface area is 150 Å². The van der Waals surface area contributed by atoms with Crippen LogP contribution in [0, 0.1) is 0 Å². The van der Waals surface area contributed by atoms with Gasteiger partial charge in [-0.25, -0.2) is 4.79 Å². The Hall–Kier alpha value is -3.54. The Balaban J connectivity index is 1.52. The molecule has 1 N–H and O–H groups in total. The molecule has 0 fully saturated rings. The van der Waals surface area contributed by atoms with Crippen molar-refractivity contribution in [3.8, 4) is 5.75 Å². The second kappa shape index (κ2) is 8.53. The summed E-state index contributed by atoms with van der Waals surface area (Å²) in [5.41, 5.74) is 1.22. The molecule has 6 heteroatoms. The third kappa shape index (κ3) is 4.98. The lowest BCUT2D eigenvalue weighted by Gasteiger charge is -2.08. The van der Waals surface area contributed by atoms with Crippen LogP contribution in [0.1, 0.15) is 11.3 Å². The minimum atomic E-state index is -0.636. The van der Waals surface area contributed by atoms with E-state index in [1.54, 1.807) is 24.3 Å². The summed E-state index contributed by atoms with van der Waals surface area (Å²) in [4.78, 5) is 23.8. The average Bonchev–Trinajstić information content (AvgIpc) is 2.67. The first-order chi connectivity index (χ1) is 12.7. The molecule has 0 aliphatic carbocycles. The summed E-state index contributed by atoms with van der Waals surface area (Å²) in [7, 11) is 0. The van der Waals surface area contributed by atoms with Crippen molar-refractivity contribution in [1.82, 2.24) is 0 Å². The minimum Gasteiger partial charge on any atom is -0.482 e. The molecule has 0 saturated heterocycles. The van der Waals surface area contributed by atoms with Gasteiger partial charge in [0.2, 0.25) is 11.2 Å². The summed E-state index contributed by atoms with van der Waals surface area (Å²) in [5.74, 6) is 0.330. The molecule has 132 valence electrons. The first-order valence-corrected chi connectivity index (χ1v) is 7.98. The minimum absolute atomic E-state index is 0.103. The van der Waals surface area contributed by atoms with E-state index in [9.17, 15) is 9.59 Å². The Morgan fingerprint density at radius 2 is 1.65 bits per heavy atom. The van der Waals surface area contributed by atoms with E-state index in [-0.39, 0.29) is 30.2 Å². The molecule has 26 heavy (non-hydrogen) atoms. The number of carbonyl (C=O) groups is 1. The van der Waals surface area contributed by atoms with E-state index >= 15 is 0 Å². The van der Waals surface area contributed by atoms with E-state index < -0.39 is 6.09 Å². The molecule has 0 saturated carbocycles. The summed E-state index contributed by atoms with van der Waals surface area (Å²) in [5, 5.41) is 2.57. The lowest BCUT2D eigenvalue weighted by Crippen LogP contribution is -2.14. The molecule has 1 heterocycles. The van der Waals surface area contributed by atoms with Gasteiger partial charge in [-0.3, -0.25) is 10.1 Å². The maximum Gasteiger partial charge on any atom is 0.412 e. The van der Waals surface area contributed by atoms with Crippen LogP contribution < -0.4 is 15.5 Å². The highest BCUT2D eigenvalue weighted by Gasteiger charge is 2.08. The Kier molecular flexibility index (Phi) is 5.67. The van der Waals surface area contributed by atoms with E-state index in [1.165, 1.54) is 12.3 Å². The van der Waals surface area contributed by atoms with Crippen LogP contribution in [-0.2, 0) is 18.0 Å². The molecule has 6 nitrogen and oxygen atoms in total. The Bertz CT molecular complexity index is 906. The van der Waals surface area contributed by atoms with Crippen molar-refractivity contribution in [1.29, 1.82) is 0 Å². The molecule has 0 aliphatic rings. The number of benzene rings is 2. The molecule has 1 aromatic heterocycles. The number of nitrogens with one attached hydrogen (secondary N) is 1. The van der Waals surface area contributed by atoms with Gasteiger partial charge in [-0.1, -0.05) is 48.5 Å². The predicted molar refractivity (Wildman–Crippen MR) is 96.0 cm³/mol. The van der Waals surface area contributed by atoms with E-state index in [0.29, 0.717) is 5.69 Å². The molecule has 1 amide bonds. The molecule has 0 radical (unpaired) electrons. The number of hydrogen-bond donors (Lipinski definition) is 1. The molecule has 2 aromatic carbocycles. The highest BCUT2D eigenvalue weighted by Crippen LogP contribution is 2.11. The lowest BCUT2D eigenvalue weighted by molar-refractivity contribution is 0.144. The monoisotopic (exact) mass is 351 g/mol. The smallest absolute Gasteiger partial charge is 0.412 e. The van der Waals surface area contributed by atoms with Crippen LogP contribution in [0.25, 0.3) is 0 Å². The van der Waals surface area contributed by atoms with Gasteiger partial charge in [0.05, 0.1) is 0 Å².